The van der Waals surface area contributed by atoms with Crippen LogP contribution in [0.15, 0.2) is 68.4 Å². The van der Waals surface area contributed by atoms with Crippen LogP contribution in [0.1, 0.15) is 44.1 Å². The summed E-state index contributed by atoms with van der Waals surface area (Å²) in [7, 11) is -3.82. The Morgan fingerprint density at radius 1 is 1.18 bits per heavy atom. The zero-order valence-electron chi connectivity index (χ0n) is 21.9. The molecule has 1 aromatic carbocycles. The average Bonchev–Trinajstić information content (AvgIpc) is 3.68. The number of anilines is 1. The minimum absolute atomic E-state index is 0.0928. The van der Waals surface area contributed by atoms with Crippen molar-refractivity contribution >= 4 is 15.7 Å². The largest absolute Gasteiger partial charge is 0.377 e. The summed E-state index contributed by atoms with van der Waals surface area (Å²) in [6.07, 6.45) is 7.67. The third kappa shape index (κ3) is 4.28. The van der Waals surface area contributed by atoms with Gasteiger partial charge in [-0.05, 0) is 81.4 Å². The summed E-state index contributed by atoms with van der Waals surface area (Å²) < 4.78 is 54.1. The van der Waals surface area contributed by atoms with Gasteiger partial charge in [0.15, 0.2) is 5.76 Å². The van der Waals surface area contributed by atoms with Crippen molar-refractivity contribution in [2.45, 2.75) is 57.5 Å². The van der Waals surface area contributed by atoms with Crippen LogP contribution in [0.3, 0.4) is 0 Å². The second-order valence-electron chi connectivity index (χ2n) is 10.6. The number of hydrogen-bond donors (Lipinski definition) is 1. The van der Waals surface area contributed by atoms with Crippen LogP contribution in [-0.2, 0) is 14.8 Å². The first-order chi connectivity index (χ1) is 18.2. The molecule has 0 spiro atoms. The number of rotatable bonds is 7. The summed E-state index contributed by atoms with van der Waals surface area (Å²) >= 11 is 0. The summed E-state index contributed by atoms with van der Waals surface area (Å²) in [6.45, 7) is 6.89. The summed E-state index contributed by atoms with van der Waals surface area (Å²) in [5.74, 6) is 0.264. The molecule has 38 heavy (non-hydrogen) atoms. The Morgan fingerprint density at radius 3 is 2.66 bits per heavy atom. The molecule has 1 saturated heterocycles. The lowest BCUT2D eigenvalue weighted by Gasteiger charge is -2.32. The molecule has 10 heteroatoms. The van der Waals surface area contributed by atoms with E-state index in [1.165, 1.54) is 23.3 Å². The van der Waals surface area contributed by atoms with Crippen molar-refractivity contribution in [3.8, 4) is 0 Å². The zero-order valence-corrected chi connectivity index (χ0v) is 22.7. The van der Waals surface area contributed by atoms with Crippen molar-refractivity contribution in [2.75, 3.05) is 24.7 Å². The van der Waals surface area contributed by atoms with Crippen LogP contribution in [0.2, 0.25) is 0 Å². The Morgan fingerprint density at radius 2 is 1.97 bits per heavy atom. The highest BCUT2D eigenvalue weighted by molar-refractivity contribution is 7.89. The first-order valence-electron chi connectivity index (χ1n) is 13.3. The van der Waals surface area contributed by atoms with Gasteiger partial charge in [-0.15, -0.1) is 0 Å². The lowest BCUT2D eigenvalue weighted by Crippen LogP contribution is -2.41. The van der Waals surface area contributed by atoms with Gasteiger partial charge in [0.2, 0.25) is 10.0 Å². The number of benzene rings is 1. The van der Waals surface area contributed by atoms with Crippen LogP contribution in [0.25, 0.3) is 0 Å². The number of aryl methyl sites for hydroxylation is 2. The molecule has 1 N–H and O–H groups in total. The second kappa shape index (κ2) is 9.66. The lowest BCUT2D eigenvalue weighted by molar-refractivity contribution is 0.0915. The molecule has 6 rings (SSSR count). The molecular formula is C28H33FN4O4S. The molecule has 0 bridgehead atoms. The van der Waals surface area contributed by atoms with E-state index in [1.807, 2.05) is 11.2 Å². The SMILES string of the molecule is Cc1noc(C)c1S(=O)(=O)N(CC1CCCO1)C[C@H]1CCC2=C1[C@@H](C)C1=CNN(c3ccc(F)cc3)C1=C2. The minimum atomic E-state index is -3.82. The van der Waals surface area contributed by atoms with Crippen molar-refractivity contribution in [1.29, 1.82) is 0 Å². The van der Waals surface area contributed by atoms with Gasteiger partial charge in [-0.25, -0.2) is 12.8 Å². The first-order valence-corrected chi connectivity index (χ1v) is 14.7. The van der Waals surface area contributed by atoms with Gasteiger partial charge in [-0.3, -0.25) is 5.01 Å². The summed E-state index contributed by atoms with van der Waals surface area (Å²) in [5.41, 5.74) is 9.34. The summed E-state index contributed by atoms with van der Waals surface area (Å²) in [6, 6.07) is 6.43. The molecule has 1 aromatic heterocycles. The van der Waals surface area contributed by atoms with E-state index in [0.717, 1.165) is 42.6 Å². The van der Waals surface area contributed by atoms with Gasteiger partial charge < -0.3 is 14.7 Å². The van der Waals surface area contributed by atoms with E-state index < -0.39 is 10.0 Å². The van der Waals surface area contributed by atoms with Gasteiger partial charge in [0.25, 0.3) is 0 Å². The topological polar surface area (TPSA) is 87.9 Å². The van der Waals surface area contributed by atoms with Crippen LogP contribution in [0, 0.1) is 31.5 Å². The van der Waals surface area contributed by atoms with Gasteiger partial charge >= 0.3 is 0 Å². The van der Waals surface area contributed by atoms with Crippen molar-refractivity contribution in [3.63, 3.8) is 0 Å². The van der Waals surface area contributed by atoms with Crippen LogP contribution in [-0.4, -0.2) is 43.7 Å². The molecule has 2 aromatic rings. The van der Waals surface area contributed by atoms with Crippen LogP contribution >= 0.6 is 0 Å². The second-order valence-corrected chi connectivity index (χ2v) is 12.5. The quantitative estimate of drug-likeness (QED) is 0.542. The Balaban J connectivity index is 1.31. The van der Waals surface area contributed by atoms with Gasteiger partial charge in [0.05, 0.1) is 17.5 Å². The molecule has 2 aliphatic carbocycles. The van der Waals surface area contributed by atoms with Crippen LogP contribution in [0.5, 0.6) is 0 Å². The van der Waals surface area contributed by atoms with E-state index >= 15 is 0 Å². The molecule has 1 fully saturated rings. The number of halogens is 1. The molecule has 0 radical (unpaired) electrons. The fourth-order valence-electron chi connectivity index (χ4n) is 6.41. The Hall–Kier alpha value is -2.95. The monoisotopic (exact) mass is 540 g/mol. The lowest BCUT2D eigenvalue weighted by atomic mass is 9.80. The van der Waals surface area contributed by atoms with Crippen molar-refractivity contribution in [1.82, 2.24) is 14.9 Å². The predicted octanol–water partition coefficient (Wildman–Crippen LogP) is 4.75. The number of nitrogens with zero attached hydrogens (tertiary/aromatic N) is 3. The number of fused-ring (bicyclic) bond motifs is 1. The van der Waals surface area contributed by atoms with E-state index in [4.69, 9.17) is 9.26 Å². The number of aromatic nitrogens is 1. The fourth-order valence-corrected chi connectivity index (χ4v) is 8.22. The van der Waals surface area contributed by atoms with Gasteiger partial charge in [0.1, 0.15) is 16.4 Å². The Bertz CT molecular complexity index is 1420. The third-order valence-corrected chi connectivity index (χ3v) is 10.3. The zero-order chi connectivity index (χ0) is 26.6. The summed E-state index contributed by atoms with van der Waals surface area (Å²) in [5, 5.41) is 5.89. The Kier molecular flexibility index (Phi) is 6.44. The molecule has 3 heterocycles. The van der Waals surface area contributed by atoms with Crippen molar-refractivity contribution < 1.29 is 22.1 Å². The number of nitrogens with one attached hydrogen (secondary N) is 1. The number of ether oxygens (including phenoxy) is 1. The smallest absolute Gasteiger partial charge is 0.248 e. The van der Waals surface area contributed by atoms with E-state index in [-0.39, 0.29) is 28.7 Å². The molecular weight excluding hydrogens is 507 g/mol. The molecule has 0 amide bonds. The van der Waals surface area contributed by atoms with E-state index in [1.54, 1.807) is 30.3 Å². The number of allylic oxidation sites excluding steroid dienone is 3. The van der Waals surface area contributed by atoms with Crippen LogP contribution in [0.4, 0.5) is 10.1 Å². The van der Waals surface area contributed by atoms with E-state index in [2.05, 4.69) is 23.6 Å². The Labute approximate surface area is 222 Å². The van der Waals surface area contributed by atoms with E-state index in [9.17, 15) is 12.8 Å². The first kappa shape index (κ1) is 25.3. The maximum absolute atomic E-state index is 13.9. The van der Waals surface area contributed by atoms with Crippen molar-refractivity contribution in [3.05, 3.63) is 76.2 Å². The maximum Gasteiger partial charge on any atom is 0.248 e. The summed E-state index contributed by atoms with van der Waals surface area (Å²) in [4.78, 5) is 0.166. The van der Waals surface area contributed by atoms with Crippen molar-refractivity contribution in [2.24, 2.45) is 11.8 Å². The number of hydrazine groups is 1. The maximum atomic E-state index is 13.9. The third-order valence-electron chi connectivity index (χ3n) is 8.21. The van der Waals surface area contributed by atoms with Gasteiger partial charge in [-0.2, -0.15) is 4.31 Å². The van der Waals surface area contributed by atoms with E-state index in [0.29, 0.717) is 31.2 Å². The number of hydrogen-bond acceptors (Lipinski definition) is 7. The normalized spacial score (nSPS) is 25.0. The highest BCUT2D eigenvalue weighted by atomic mass is 32.2. The highest BCUT2D eigenvalue weighted by Crippen LogP contribution is 2.48. The van der Waals surface area contributed by atoms with Gasteiger partial charge in [0, 0.05) is 37.4 Å². The molecule has 2 aliphatic heterocycles. The molecule has 4 aliphatic rings. The van der Waals surface area contributed by atoms with Crippen LogP contribution < -0.4 is 10.4 Å². The van der Waals surface area contributed by atoms with Gasteiger partial charge in [-0.1, -0.05) is 17.7 Å². The molecule has 0 saturated carbocycles. The highest BCUT2D eigenvalue weighted by Gasteiger charge is 2.41. The average molecular weight is 541 g/mol. The molecule has 1 unspecified atom stereocenters. The molecule has 3 atom stereocenters. The predicted molar refractivity (Wildman–Crippen MR) is 141 cm³/mol. The standard InChI is InChI=1S/C28H33FN4O4S/c1-17-25-14-30-33(23-10-8-22(29)9-11-23)26(25)13-20-6-7-21(27(17)20)15-32(16-24-5-4-12-36-24)38(34,35)28-18(2)31-37-19(28)3/h8-11,13-14,17,21,24,30H,4-7,12,15-16H2,1-3H3/t17-,21+,24?/m0/s1. The fraction of sp³-hybridized carbons (Fsp3) is 0.464. The molecule has 8 nitrogen and oxygen atoms in total. The minimum Gasteiger partial charge on any atom is -0.377 e. The number of sulfonamides is 1. The molecule has 202 valence electrons.